The van der Waals surface area contributed by atoms with Crippen molar-refractivity contribution in [1.29, 1.82) is 5.26 Å². The van der Waals surface area contributed by atoms with Crippen LogP contribution in [0.4, 0.5) is 5.69 Å². The number of hydrogen-bond donors (Lipinski definition) is 0. The second-order valence-corrected chi connectivity index (χ2v) is 3.78. The van der Waals surface area contributed by atoms with Crippen molar-refractivity contribution >= 4 is 5.69 Å². The molecule has 6 heteroatoms. The van der Waals surface area contributed by atoms with E-state index in [0.717, 1.165) is 0 Å². The molecule has 0 amide bonds. The van der Waals surface area contributed by atoms with Gasteiger partial charge in [0.05, 0.1) is 4.92 Å². The molecule has 94 valence electrons. The minimum atomic E-state index is -0.467. The van der Waals surface area contributed by atoms with Crippen LogP contribution in [0.25, 0.3) is 0 Å². The summed E-state index contributed by atoms with van der Waals surface area (Å²) >= 11 is 0. The van der Waals surface area contributed by atoms with Crippen LogP contribution < -0.4 is 4.74 Å². The quantitative estimate of drug-likeness (QED) is 0.621. The van der Waals surface area contributed by atoms with Crippen molar-refractivity contribution in [3.8, 4) is 17.7 Å². The smallest absolute Gasteiger partial charge is 0.269 e. The Balaban J connectivity index is 2.28. The largest absolute Gasteiger partial charge is 0.439 e. The summed E-state index contributed by atoms with van der Waals surface area (Å²) in [5.74, 6) is 0.740. The van der Waals surface area contributed by atoms with Gasteiger partial charge < -0.3 is 4.74 Å². The van der Waals surface area contributed by atoms with Gasteiger partial charge in [0.25, 0.3) is 5.69 Å². The van der Waals surface area contributed by atoms with E-state index in [1.165, 1.54) is 18.2 Å². The highest BCUT2D eigenvalue weighted by atomic mass is 16.6. The Morgan fingerprint density at radius 3 is 2.79 bits per heavy atom. The van der Waals surface area contributed by atoms with Gasteiger partial charge in [0.15, 0.2) is 0 Å². The number of nitrogens with zero attached hydrogens (tertiary/aromatic N) is 3. The Bertz CT molecular complexity index is 677. The van der Waals surface area contributed by atoms with Gasteiger partial charge in [-0.05, 0) is 24.6 Å². The zero-order valence-corrected chi connectivity index (χ0v) is 10.0. The standard InChI is InChI=1S/C13H9N3O3/c1-9-7-11(16(17)18)5-6-12(9)19-13-4-2-3-10(8-14)15-13/h2-7H,1H3. The number of pyridine rings is 1. The first-order chi connectivity index (χ1) is 9.10. The van der Waals surface area contributed by atoms with E-state index in [4.69, 9.17) is 10.00 Å². The zero-order valence-electron chi connectivity index (χ0n) is 10.0. The molecule has 0 radical (unpaired) electrons. The maximum atomic E-state index is 10.6. The van der Waals surface area contributed by atoms with Crippen LogP contribution in [0.1, 0.15) is 11.3 Å². The molecular weight excluding hydrogens is 246 g/mol. The van der Waals surface area contributed by atoms with Crippen LogP contribution in [0, 0.1) is 28.4 Å². The van der Waals surface area contributed by atoms with Gasteiger partial charge in [0, 0.05) is 18.2 Å². The van der Waals surface area contributed by atoms with Crippen molar-refractivity contribution in [2.24, 2.45) is 0 Å². The summed E-state index contributed by atoms with van der Waals surface area (Å²) in [4.78, 5) is 14.1. The van der Waals surface area contributed by atoms with E-state index >= 15 is 0 Å². The first-order valence-corrected chi connectivity index (χ1v) is 5.40. The fourth-order valence-electron chi connectivity index (χ4n) is 1.51. The third kappa shape index (κ3) is 2.84. The zero-order chi connectivity index (χ0) is 13.8. The summed E-state index contributed by atoms with van der Waals surface area (Å²) in [7, 11) is 0. The van der Waals surface area contributed by atoms with Crippen molar-refractivity contribution in [2.75, 3.05) is 0 Å². The summed E-state index contributed by atoms with van der Waals surface area (Å²) in [5.41, 5.74) is 0.874. The molecule has 0 saturated carbocycles. The Hall–Kier alpha value is -2.94. The maximum Gasteiger partial charge on any atom is 0.269 e. The fraction of sp³-hybridized carbons (Fsp3) is 0.0769. The SMILES string of the molecule is Cc1cc([N+](=O)[O-])ccc1Oc1cccc(C#N)n1. The number of aromatic nitrogens is 1. The molecule has 1 heterocycles. The highest BCUT2D eigenvalue weighted by Gasteiger charge is 2.10. The Kier molecular flexibility index (Phi) is 3.39. The van der Waals surface area contributed by atoms with Crippen LogP contribution in [-0.2, 0) is 0 Å². The molecule has 0 aliphatic rings. The summed E-state index contributed by atoms with van der Waals surface area (Å²) in [5, 5.41) is 19.4. The van der Waals surface area contributed by atoms with E-state index in [2.05, 4.69) is 4.98 Å². The normalized spacial score (nSPS) is 9.68. The van der Waals surface area contributed by atoms with Crippen LogP contribution in [-0.4, -0.2) is 9.91 Å². The highest BCUT2D eigenvalue weighted by Crippen LogP contribution is 2.27. The number of ether oxygens (including phenoxy) is 1. The molecular formula is C13H9N3O3. The molecule has 19 heavy (non-hydrogen) atoms. The van der Waals surface area contributed by atoms with Crippen LogP contribution >= 0.6 is 0 Å². The molecule has 0 aliphatic heterocycles. The monoisotopic (exact) mass is 255 g/mol. The molecule has 6 nitrogen and oxygen atoms in total. The van der Waals surface area contributed by atoms with Gasteiger partial charge in [-0.1, -0.05) is 6.07 Å². The van der Waals surface area contributed by atoms with Gasteiger partial charge in [-0.3, -0.25) is 10.1 Å². The minimum absolute atomic E-state index is 0.00332. The fourth-order valence-corrected chi connectivity index (χ4v) is 1.51. The van der Waals surface area contributed by atoms with Crippen LogP contribution in [0.15, 0.2) is 36.4 Å². The lowest BCUT2D eigenvalue weighted by atomic mass is 10.2. The summed E-state index contributed by atoms with van der Waals surface area (Å²) in [6, 6.07) is 11.0. The lowest BCUT2D eigenvalue weighted by molar-refractivity contribution is -0.384. The molecule has 0 bridgehead atoms. The van der Waals surface area contributed by atoms with E-state index in [9.17, 15) is 10.1 Å². The van der Waals surface area contributed by atoms with E-state index in [1.807, 2.05) is 6.07 Å². The van der Waals surface area contributed by atoms with Crippen LogP contribution in [0.5, 0.6) is 11.6 Å². The molecule has 0 saturated heterocycles. The van der Waals surface area contributed by atoms with Crippen LogP contribution in [0.3, 0.4) is 0 Å². The predicted octanol–water partition coefficient (Wildman–Crippen LogP) is 2.96. The van der Waals surface area contributed by atoms with Crippen molar-refractivity contribution in [3.63, 3.8) is 0 Å². The third-order valence-electron chi connectivity index (χ3n) is 2.42. The summed E-state index contributed by atoms with van der Waals surface area (Å²) in [6.45, 7) is 1.70. The number of nitro benzene ring substituents is 1. The third-order valence-corrected chi connectivity index (χ3v) is 2.42. The van der Waals surface area contributed by atoms with E-state index in [-0.39, 0.29) is 17.3 Å². The molecule has 0 aliphatic carbocycles. The Labute approximate surface area is 109 Å². The highest BCUT2D eigenvalue weighted by molar-refractivity contribution is 5.44. The van der Waals surface area contributed by atoms with Gasteiger partial charge in [-0.25, -0.2) is 4.98 Å². The number of rotatable bonds is 3. The molecule has 0 atom stereocenters. The second-order valence-electron chi connectivity index (χ2n) is 3.78. The number of hydrogen-bond acceptors (Lipinski definition) is 5. The molecule has 0 fully saturated rings. The molecule has 2 aromatic rings. The second kappa shape index (κ2) is 5.14. The number of aryl methyl sites for hydroxylation is 1. The lowest BCUT2D eigenvalue weighted by Gasteiger charge is -2.07. The van der Waals surface area contributed by atoms with Crippen molar-refractivity contribution in [3.05, 3.63) is 57.8 Å². The molecule has 2 rings (SSSR count). The minimum Gasteiger partial charge on any atom is -0.439 e. The molecule has 0 N–H and O–H groups in total. The number of non-ortho nitro benzene ring substituents is 1. The molecule has 1 aromatic carbocycles. The van der Waals surface area contributed by atoms with Gasteiger partial charge >= 0.3 is 0 Å². The Morgan fingerprint density at radius 2 is 2.16 bits per heavy atom. The van der Waals surface area contributed by atoms with Crippen molar-refractivity contribution in [2.45, 2.75) is 6.92 Å². The topological polar surface area (TPSA) is 89.0 Å². The van der Waals surface area contributed by atoms with Gasteiger partial charge in [-0.2, -0.15) is 5.26 Å². The van der Waals surface area contributed by atoms with Gasteiger partial charge in [0.1, 0.15) is 17.5 Å². The summed E-state index contributed by atoms with van der Waals surface area (Å²) in [6.07, 6.45) is 0. The number of nitro groups is 1. The first kappa shape index (κ1) is 12.5. The number of nitriles is 1. The van der Waals surface area contributed by atoms with E-state index < -0.39 is 4.92 Å². The van der Waals surface area contributed by atoms with Crippen LogP contribution in [0.2, 0.25) is 0 Å². The maximum absolute atomic E-state index is 10.6. The van der Waals surface area contributed by atoms with Crippen molar-refractivity contribution in [1.82, 2.24) is 4.98 Å². The van der Waals surface area contributed by atoms with Gasteiger partial charge in [-0.15, -0.1) is 0 Å². The molecule has 0 spiro atoms. The van der Waals surface area contributed by atoms with Crippen molar-refractivity contribution < 1.29 is 9.66 Å². The molecule has 1 aromatic heterocycles. The van der Waals surface area contributed by atoms with E-state index in [0.29, 0.717) is 11.3 Å². The van der Waals surface area contributed by atoms with Gasteiger partial charge in [0.2, 0.25) is 5.88 Å². The average Bonchev–Trinajstić information content (AvgIpc) is 2.41. The first-order valence-electron chi connectivity index (χ1n) is 5.40. The lowest BCUT2D eigenvalue weighted by Crippen LogP contribution is -1.94. The summed E-state index contributed by atoms with van der Waals surface area (Å²) < 4.78 is 5.50. The Morgan fingerprint density at radius 1 is 1.37 bits per heavy atom. The van der Waals surface area contributed by atoms with E-state index in [1.54, 1.807) is 25.1 Å². The predicted molar refractivity (Wildman–Crippen MR) is 66.9 cm³/mol. The molecule has 0 unspecified atom stereocenters. The number of benzene rings is 1. The average molecular weight is 255 g/mol.